The maximum atomic E-state index is 10.4. The van der Waals surface area contributed by atoms with Gasteiger partial charge >= 0.3 is 5.82 Å². The van der Waals surface area contributed by atoms with Crippen molar-refractivity contribution in [1.82, 2.24) is 14.8 Å². The number of aromatic nitrogens is 3. The minimum atomic E-state index is -0.523. The fourth-order valence-electron chi connectivity index (χ4n) is 1.37. The zero-order valence-corrected chi connectivity index (χ0v) is 9.20. The average molecular weight is 233 g/mol. The van der Waals surface area contributed by atoms with Gasteiger partial charge in [0.1, 0.15) is 0 Å². The maximum absolute atomic E-state index is 10.4. The second-order valence-electron chi connectivity index (χ2n) is 3.46. The van der Waals surface area contributed by atoms with Crippen molar-refractivity contribution in [2.45, 2.75) is 6.54 Å². The van der Waals surface area contributed by atoms with E-state index < -0.39 is 4.92 Å². The molecule has 2 heterocycles. The van der Waals surface area contributed by atoms with Crippen LogP contribution in [0.4, 0.5) is 11.5 Å². The molecule has 2 aromatic heterocycles. The molecule has 0 unspecified atom stereocenters. The van der Waals surface area contributed by atoms with Crippen molar-refractivity contribution in [3.63, 3.8) is 0 Å². The standard InChI is InChI=1S/C10H11N5O2/c1-14-9(4-5-13-14)7-11-8-2-3-10(12-6-8)15(16)17/h2-6,11H,7H2,1H3. The second kappa shape index (κ2) is 4.60. The Kier molecular flexibility index (Phi) is 2.99. The van der Waals surface area contributed by atoms with E-state index in [0.29, 0.717) is 6.54 Å². The molecule has 0 amide bonds. The fourth-order valence-corrected chi connectivity index (χ4v) is 1.37. The number of aryl methyl sites for hydroxylation is 1. The molecule has 0 saturated carbocycles. The summed E-state index contributed by atoms with van der Waals surface area (Å²) in [5.41, 5.74) is 1.75. The van der Waals surface area contributed by atoms with Crippen molar-refractivity contribution in [2.24, 2.45) is 7.05 Å². The van der Waals surface area contributed by atoms with E-state index in [1.807, 2.05) is 13.1 Å². The van der Waals surface area contributed by atoms with Gasteiger partial charge < -0.3 is 15.4 Å². The van der Waals surface area contributed by atoms with Crippen LogP contribution < -0.4 is 5.32 Å². The first-order valence-corrected chi connectivity index (χ1v) is 4.98. The van der Waals surface area contributed by atoms with E-state index in [1.54, 1.807) is 16.9 Å². The molecule has 17 heavy (non-hydrogen) atoms. The Balaban J connectivity index is 2.00. The van der Waals surface area contributed by atoms with Crippen LogP contribution in [-0.2, 0) is 13.6 Å². The van der Waals surface area contributed by atoms with Crippen molar-refractivity contribution in [3.05, 3.63) is 46.4 Å². The van der Waals surface area contributed by atoms with Crippen molar-refractivity contribution in [2.75, 3.05) is 5.32 Å². The third-order valence-corrected chi connectivity index (χ3v) is 2.33. The van der Waals surface area contributed by atoms with Gasteiger partial charge in [0, 0.05) is 19.3 Å². The zero-order valence-electron chi connectivity index (χ0n) is 9.20. The molecule has 7 nitrogen and oxygen atoms in total. The van der Waals surface area contributed by atoms with Crippen LogP contribution in [0.5, 0.6) is 0 Å². The van der Waals surface area contributed by atoms with Gasteiger partial charge in [-0.25, -0.2) is 0 Å². The molecule has 0 saturated heterocycles. The van der Waals surface area contributed by atoms with Crippen molar-refractivity contribution in [1.29, 1.82) is 0 Å². The van der Waals surface area contributed by atoms with E-state index in [0.717, 1.165) is 11.4 Å². The molecule has 1 N–H and O–H groups in total. The highest BCUT2D eigenvalue weighted by molar-refractivity contribution is 5.43. The van der Waals surface area contributed by atoms with Gasteiger partial charge in [-0.2, -0.15) is 5.10 Å². The minimum absolute atomic E-state index is 0.156. The molecule has 7 heteroatoms. The Morgan fingerprint density at radius 3 is 2.82 bits per heavy atom. The lowest BCUT2D eigenvalue weighted by Gasteiger charge is -2.04. The van der Waals surface area contributed by atoms with E-state index in [4.69, 9.17) is 0 Å². The van der Waals surface area contributed by atoms with E-state index in [-0.39, 0.29) is 5.82 Å². The summed E-state index contributed by atoms with van der Waals surface area (Å²) in [6, 6.07) is 4.89. The van der Waals surface area contributed by atoms with Gasteiger partial charge in [-0.15, -0.1) is 0 Å². The van der Waals surface area contributed by atoms with Crippen LogP contribution in [0.25, 0.3) is 0 Å². The molecule has 0 fully saturated rings. The van der Waals surface area contributed by atoms with Crippen LogP contribution in [0.2, 0.25) is 0 Å². The molecular formula is C10H11N5O2. The van der Waals surface area contributed by atoms with Crippen molar-refractivity contribution in [3.8, 4) is 0 Å². The average Bonchev–Trinajstić information content (AvgIpc) is 2.73. The molecule has 0 spiro atoms. The summed E-state index contributed by atoms with van der Waals surface area (Å²) in [6.07, 6.45) is 3.15. The smallest absolute Gasteiger partial charge is 0.363 e. The lowest BCUT2D eigenvalue weighted by Crippen LogP contribution is -2.05. The van der Waals surface area contributed by atoms with Crippen LogP contribution in [-0.4, -0.2) is 19.7 Å². The summed E-state index contributed by atoms with van der Waals surface area (Å²) < 4.78 is 1.76. The molecule has 0 bridgehead atoms. The summed E-state index contributed by atoms with van der Waals surface area (Å²) >= 11 is 0. The van der Waals surface area contributed by atoms with Gasteiger partial charge in [0.25, 0.3) is 0 Å². The molecule has 0 radical (unpaired) electrons. The maximum Gasteiger partial charge on any atom is 0.363 e. The highest BCUT2D eigenvalue weighted by Crippen LogP contribution is 2.12. The van der Waals surface area contributed by atoms with Gasteiger partial charge in [-0.3, -0.25) is 4.68 Å². The van der Waals surface area contributed by atoms with Crippen LogP contribution in [0.3, 0.4) is 0 Å². The second-order valence-corrected chi connectivity index (χ2v) is 3.46. The number of nitrogens with zero attached hydrogens (tertiary/aromatic N) is 4. The fraction of sp³-hybridized carbons (Fsp3) is 0.200. The monoisotopic (exact) mass is 233 g/mol. The SMILES string of the molecule is Cn1nccc1CNc1ccc([N+](=O)[O-])nc1. The quantitative estimate of drug-likeness (QED) is 0.636. The number of nitrogens with one attached hydrogen (secondary N) is 1. The largest absolute Gasteiger partial charge is 0.376 e. The number of rotatable bonds is 4. The third-order valence-electron chi connectivity index (χ3n) is 2.33. The summed E-state index contributed by atoms with van der Waals surface area (Å²) in [5, 5.41) is 17.6. The Hall–Kier alpha value is -2.44. The van der Waals surface area contributed by atoms with E-state index >= 15 is 0 Å². The Morgan fingerprint density at radius 1 is 1.47 bits per heavy atom. The van der Waals surface area contributed by atoms with Crippen LogP contribution >= 0.6 is 0 Å². The molecular weight excluding hydrogens is 222 g/mol. The Labute approximate surface area is 97.2 Å². The van der Waals surface area contributed by atoms with Crippen LogP contribution in [0.1, 0.15) is 5.69 Å². The number of anilines is 1. The topological polar surface area (TPSA) is 85.9 Å². The van der Waals surface area contributed by atoms with E-state index in [2.05, 4.69) is 15.4 Å². The number of hydrogen-bond acceptors (Lipinski definition) is 5. The Bertz CT molecular complexity index is 520. The van der Waals surface area contributed by atoms with E-state index in [1.165, 1.54) is 12.3 Å². The molecule has 88 valence electrons. The third kappa shape index (κ3) is 2.57. The summed E-state index contributed by atoms with van der Waals surface area (Å²) in [7, 11) is 1.85. The van der Waals surface area contributed by atoms with Gasteiger partial charge in [-0.1, -0.05) is 0 Å². The molecule has 0 aliphatic carbocycles. The van der Waals surface area contributed by atoms with Crippen molar-refractivity contribution < 1.29 is 4.92 Å². The summed E-state index contributed by atoms with van der Waals surface area (Å²) in [4.78, 5) is 13.6. The lowest BCUT2D eigenvalue weighted by atomic mass is 10.3. The Morgan fingerprint density at radius 2 is 2.29 bits per heavy atom. The zero-order chi connectivity index (χ0) is 12.3. The predicted molar refractivity (Wildman–Crippen MR) is 61.4 cm³/mol. The minimum Gasteiger partial charge on any atom is -0.376 e. The first-order chi connectivity index (χ1) is 8.16. The number of hydrogen-bond donors (Lipinski definition) is 1. The molecule has 0 aliphatic rings. The molecule has 0 atom stereocenters. The normalized spacial score (nSPS) is 10.2. The molecule has 0 aliphatic heterocycles. The lowest BCUT2D eigenvalue weighted by molar-refractivity contribution is -0.389. The van der Waals surface area contributed by atoms with Gasteiger partial charge in [-0.05, 0) is 22.0 Å². The highest BCUT2D eigenvalue weighted by Gasteiger charge is 2.06. The first-order valence-electron chi connectivity index (χ1n) is 4.98. The number of nitro groups is 1. The highest BCUT2D eigenvalue weighted by atomic mass is 16.6. The van der Waals surface area contributed by atoms with Gasteiger partial charge in [0.05, 0.1) is 17.9 Å². The molecule has 0 aromatic carbocycles. The first kappa shape index (κ1) is 11.1. The van der Waals surface area contributed by atoms with Gasteiger partial charge in [0.2, 0.25) is 0 Å². The van der Waals surface area contributed by atoms with E-state index in [9.17, 15) is 10.1 Å². The van der Waals surface area contributed by atoms with Gasteiger partial charge in [0.15, 0.2) is 6.20 Å². The van der Waals surface area contributed by atoms with Crippen molar-refractivity contribution >= 4 is 11.5 Å². The number of pyridine rings is 1. The molecule has 2 rings (SSSR count). The van der Waals surface area contributed by atoms with Crippen LogP contribution in [0.15, 0.2) is 30.6 Å². The molecule has 2 aromatic rings. The summed E-state index contributed by atoms with van der Waals surface area (Å²) in [6.45, 7) is 0.593. The predicted octanol–water partition coefficient (Wildman–Crippen LogP) is 1.34. The van der Waals surface area contributed by atoms with Crippen LogP contribution in [0, 0.1) is 10.1 Å². The summed E-state index contributed by atoms with van der Waals surface area (Å²) in [5.74, 6) is -0.156.